The van der Waals surface area contributed by atoms with Crippen molar-refractivity contribution in [3.63, 3.8) is 0 Å². The summed E-state index contributed by atoms with van der Waals surface area (Å²) in [5, 5.41) is 10.5. The summed E-state index contributed by atoms with van der Waals surface area (Å²) >= 11 is 0. The molecule has 5 heteroatoms. The highest BCUT2D eigenvalue weighted by Crippen LogP contribution is 2.54. The first-order valence-electron chi connectivity index (χ1n) is 60.6. The number of para-hydroxylation sites is 2. The van der Waals surface area contributed by atoms with Crippen molar-refractivity contribution in [2.45, 2.75) is 308 Å². The molecule has 0 aliphatic carbocycles. The smallest absolute Gasteiger partial charge is 0.0629 e. The third kappa shape index (κ3) is 18.8. The van der Waals surface area contributed by atoms with Gasteiger partial charge in [0.1, 0.15) is 0 Å². The average Bonchev–Trinajstić information content (AvgIpc) is 1.54. The lowest BCUT2D eigenvalue weighted by Crippen LogP contribution is -2.22. The molecule has 0 N–H and O–H groups in total. The van der Waals surface area contributed by atoms with E-state index in [2.05, 4.69) is 459 Å². The first-order valence-corrected chi connectivity index (χ1v) is 53.1. The van der Waals surface area contributed by atoms with Crippen molar-refractivity contribution in [1.82, 2.24) is 22.8 Å². The molecule has 0 atom stereocenters. The number of hydrogen-bond donors (Lipinski definition) is 0. The molecule has 0 saturated carbocycles. The summed E-state index contributed by atoms with van der Waals surface area (Å²) in [6, 6.07) is 78.8. The minimum atomic E-state index is -0.420. The Kier molecular flexibility index (Phi) is 21.2. The van der Waals surface area contributed by atoms with E-state index in [9.17, 15) is 2.74 Å². The summed E-state index contributed by atoms with van der Waals surface area (Å²) < 4.78 is 144. The van der Waals surface area contributed by atoms with Crippen LogP contribution < -0.4 is 0 Å². The van der Waals surface area contributed by atoms with Gasteiger partial charge in [0.25, 0.3) is 0 Å². The van der Waals surface area contributed by atoms with Gasteiger partial charge < -0.3 is 22.8 Å². The fourth-order valence-corrected chi connectivity index (χ4v) is 22.5. The Bertz CT molecular complexity index is 9530. The van der Waals surface area contributed by atoms with Gasteiger partial charge >= 0.3 is 0 Å². The van der Waals surface area contributed by atoms with Crippen LogP contribution in [0.25, 0.3) is 171 Å². The van der Waals surface area contributed by atoms with E-state index in [4.69, 9.17) is 17.8 Å². The van der Waals surface area contributed by atoms with Gasteiger partial charge in [-0.1, -0.05) is 442 Å². The number of aromatic nitrogens is 5. The summed E-state index contributed by atoms with van der Waals surface area (Å²) in [6.07, 6.45) is 0. The molecule has 148 heavy (non-hydrogen) atoms. The van der Waals surface area contributed by atoms with E-state index < -0.39 is 22.9 Å². The zero-order valence-corrected chi connectivity index (χ0v) is 94.3. The minimum Gasteiger partial charge on any atom is -0.309 e. The van der Waals surface area contributed by atoms with E-state index in [1.54, 1.807) is 0 Å². The molecule has 756 valence electrons. The molecule has 0 radical (unpaired) electrons. The largest absolute Gasteiger partial charge is 0.309 e. The highest BCUT2D eigenvalue weighted by molar-refractivity contribution is 6.22. The normalized spacial score (nSPS) is 14.6. The second kappa shape index (κ2) is 36.8. The van der Waals surface area contributed by atoms with Crippen molar-refractivity contribution >= 4 is 109 Å². The second-order valence-corrected chi connectivity index (χ2v) is 53.1. The molecule has 5 aromatic heterocycles. The Morgan fingerprint density at radius 1 is 0.196 bits per heavy atom. The lowest BCUT2D eigenvalue weighted by atomic mass is 9.73. The highest BCUT2D eigenvalue weighted by atomic mass is 15.0. The van der Waals surface area contributed by atoms with Gasteiger partial charge in [0.05, 0.1) is 87.1 Å². The van der Waals surface area contributed by atoms with E-state index in [0.717, 1.165) is 127 Å². The molecular weight excluding hydrogens is 1790 g/mol. The monoisotopic (exact) mass is 1960 g/mol. The third-order valence-electron chi connectivity index (χ3n) is 30.3. The first-order chi connectivity index (χ1) is 75.5. The maximum Gasteiger partial charge on any atom is 0.0629 e. The van der Waals surface area contributed by atoms with E-state index >= 15 is 0 Å². The van der Waals surface area contributed by atoms with Crippen LogP contribution >= 0.6 is 0 Å². The van der Waals surface area contributed by atoms with Crippen LogP contribution in [0.1, 0.15) is 336 Å². The maximum absolute atomic E-state index is 9.26. The summed E-state index contributed by atoms with van der Waals surface area (Å²) in [7, 11) is 0. The molecule has 0 aliphatic rings. The fourth-order valence-electron chi connectivity index (χ4n) is 22.5. The standard InChI is InChI=1S/C55H62N2.C48H48N2.C40H49N/c1-34(2)36-23-25-44-42(29-36)43-33-37(52(3,4)5)24-26-45(43)57(44)48-28-27-47-50(51(48)55(12,13)14)49-41(35-19-16-15-17-20-35)21-18-22-46(49)56(47)40-31-38(53(6,7)8)30-39(32-40)54(9,10)11;1-46(2,3)32-28-33(47(4,5)6)30-34(29-32)49-40-25-17-22-35(31-18-11-10-12-19-31)43(40)44-41(49)26-27-42(45(44)48(7,8)9)50-38-23-15-13-20-36(38)37-21-14-16-24-39(37)50;1-37(2,3)27-23-28(38(4,5)6)25-29(24-27)41-32-20-16-19-30(26-17-14-13-15-18-26)34(32)35-33(41)22-21-31(39(7,8)9)36(35)40(10,11)12/h15-34H,1-14H3;10-30H,1-9H3;13-25H,1-12H3/i15D,16D,17D,19D,20D;10D,11D,12D,18D,19D;13D,14D,15D,17D,18D. The van der Waals surface area contributed by atoms with Gasteiger partial charge in [-0.25, -0.2) is 0 Å². The van der Waals surface area contributed by atoms with Crippen LogP contribution in [0, 0.1) is 0 Å². The molecule has 0 bridgehead atoms. The van der Waals surface area contributed by atoms with E-state index in [1.807, 2.05) is 36.4 Å². The van der Waals surface area contributed by atoms with Gasteiger partial charge in [0.2, 0.25) is 0 Å². The van der Waals surface area contributed by atoms with Crippen LogP contribution in [0.4, 0.5) is 0 Å². The van der Waals surface area contributed by atoms with Crippen molar-refractivity contribution in [3.05, 3.63) is 388 Å². The Morgan fingerprint density at radius 2 is 0.459 bits per heavy atom. The lowest BCUT2D eigenvalue weighted by molar-refractivity contribution is 0.535. The van der Waals surface area contributed by atoms with Crippen molar-refractivity contribution in [2.24, 2.45) is 0 Å². The lowest BCUT2D eigenvalue weighted by Gasteiger charge is -2.31. The van der Waals surface area contributed by atoms with Crippen LogP contribution in [0.2, 0.25) is 0 Å². The Morgan fingerprint density at radius 3 is 0.757 bits per heavy atom. The molecule has 21 aromatic rings. The number of benzene rings is 16. The Balaban J connectivity index is 0.000000152. The number of hydrogen-bond acceptors (Lipinski definition) is 0. The van der Waals surface area contributed by atoms with Gasteiger partial charge in [0, 0.05) is 70.9 Å². The third-order valence-corrected chi connectivity index (χ3v) is 30.3. The quantitative estimate of drug-likeness (QED) is 0.138. The van der Waals surface area contributed by atoms with Crippen LogP contribution in [-0.2, 0) is 59.6 Å². The van der Waals surface area contributed by atoms with Gasteiger partial charge in [0.15, 0.2) is 0 Å². The van der Waals surface area contributed by atoms with Gasteiger partial charge in [-0.2, -0.15) is 0 Å². The number of nitrogens with zero attached hydrogens (tertiary/aromatic N) is 5. The van der Waals surface area contributed by atoms with Crippen LogP contribution in [0.15, 0.2) is 321 Å². The van der Waals surface area contributed by atoms with Crippen LogP contribution in [0.5, 0.6) is 0 Å². The van der Waals surface area contributed by atoms with Gasteiger partial charge in [-0.05, 0) is 287 Å². The summed E-state index contributed by atoms with van der Waals surface area (Å²) in [5.41, 5.74) is 30.8. The topological polar surface area (TPSA) is 24.6 Å². The number of fused-ring (bicyclic) bond motifs is 15. The predicted molar refractivity (Wildman–Crippen MR) is 647 cm³/mol. The Hall–Kier alpha value is -13.5. The minimum absolute atomic E-state index is 0.0352. The molecular formula is C143H159N5. The number of rotatable bonds is 9. The summed E-state index contributed by atoms with van der Waals surface area (Å²) in [5.74, 6) is 0.367. The van der Waals surface area contributed by atoms with Crippen molar-refractivity contribution in [3.8, 4) is 61.8 Å². The predicted octanol–water partition coefficient (Wildman–Crippen LogP) is 40.9. The SMILES string of the molecule is [2H]c1c([2H])c([2H])c(-c2cccc3c2c2c(C(C)(C)C)c(-n4c5ccc(C(C)C)cc5c5cc(C(C)(C)C)ccc54)ccc2n3-c2cc(C(C)(C)C)cc(C(C)(C)C)c2)c([2H])c1[2H].[2H]c1c([2H])c([2H])c(-c2cccc3c2c2c(C(C)(C)C)c(-n4c5ccccc5c5ccccc54)ccc2n3-c2cc(C(C)(C)C)cc(C(C)(C)C)c2)c([2H])c1[2H].[2H]c1c([2H])c([2H])c(-c2cccc3c2c2c(C(C)(C)C)c(C(C)(C)C)ccc2n3-c2cc(C(C)(C)C)cc(C(C)(C)C)c2)c([2H])c1[2H]. The summed E-state index contributed by atoms with van der Waals surface area (Å²) in [4.78, 5) is 0. The van der Waals surface area contributed by atoms with E-state index in [1.165, 1.54) is 77.2 Å². The Labute approximate surface area is 904 Å². The molecule has 0 unspecified atom stereocenters. The van der Waals surface area contributed by atoms with Gasteiger partial charge in [-0.15, -0.1) is 0 Å². The molecule has 0 spiro atoms. The molecule has 16 aromatic carbocycles. The van der Waals surface area contributed by atoms with Crippen LogP contribution in [-0.4, -0.2) is 22.8 Å². The molecule has 5 nitrogen and oxygen atoms in total. The molecule has 0 fully saturated rings. The molecule has 0 aliphatic heterocycles. The second-order valence-electron chi connectivity index (χ2n) is 53.1. The zero-order chi connectivity index (χ0) is 119. The average molecular weight is 1960 g/mol. The van der Waals surface area contributed by atoms with Crippen molar-refractivity contribution in [1.29, 1.82) is 0 Å². The molecule has 21 rings (SSSR count). The maximum atomic E-state index is 9.26. The molecule has 5 heterocycles. The highest BCUT2D eigenvalue weighted by Gasteiger charge is 2.38. The first kappa shape index (κ1) is 85.5. The molecule has 0 saturated heterocycles. The fraction of sp³-hybridized carbons (Fsp3) is 0.329. The van der Waals surface area contributed by atoms with Crippen LogP contribution in [0.3, 0.4) is 0 Å². The molecule has 0 amide bonds. The van der Waals surface area contributed by atoms with E-state index in [0.29, 0.717) is 22.6 Å². The van der Waals surface area contributed by atoms with Gasteiger partial charge in [-0.3, -0.25) is 0 Å². The zero-order valence-electron chi connectivity index (χ0n) is 109. The van der Waals surface area contributed by atoms with E-state index in [-0.39, 0.29) is 144 Å². The van der Waals surface area contributed by atoms with Crippen molar-refractivity contribution in [2.75, 3.05) is 0 Å². The summed E-state index contributed by atoms with van der Waals surface area (Å²) in [6.45, 7) is 78.7. The van der Waals surface area contributed by atoms with Crippen molar-refractivity contribution < 1.29 is 20.6 Å².